The minimum absolute atomic E-state index is 0.177. The van der Waals surface area contributed by atoms with Gasteiger partial charge in [-0.15, -0.1) is 0 Å². The summed E-state index contributed by atoms with van der Waals surface area (Å²) < 4.78 is 1.50. The zero-order valence-corrected chi connectivity index (χ0v) is 15.5. The van der Waals surface area contributed by atoms with Crippen molar-refractivity contribution in [3.8, 4) is 0 Å². The van der Waals surface area contributed by atoms with Crippen molar-refractivity contribution in [3.05, 3.63) is 97.9 Å². The summed E-state index contributed by atoms with van der Waals surface area (Å²) in [6.07, 6.45) is 1.54. The molecular weight excluding hydrogens is 371 g/mol. The van der Waals surface area contributed by atoms with E-state index in [2.05, 4.69) is 5.32 Å². The highest BCUT2D eigenvalue weighted by molar-refractivity contribution is 6.44. The maximum atomic E-state index is 12.5. The molecule has 1 N–H and O–H groups in total. The zero-order valence-electron chi connectivity index (χ0n) is 14.0. The molecule has 0 fully saturated rings. The van der Waals surface area contributed by atoms with Gasteiger partial charge in [-0.1, -0.05) is 59.1 Å². The number of carbonyl (C=O) groups excluding carboxylic acids is 1. The highest BCUT2D eigenvalue weighted by Gasteiger charge is 2.12. The summed E-state index contributed by atoms with van der Waals surface area (Å²) in [4.78, 5) is 24.7. The van der Waals surface area contributed by atoms with Crippen LogP contribution in [0, 0.1) is 6.92 Å². The van der Waals surface area contributed by atoms with Gasteiger partial charge in [-0.3, -0.25) is 9.59 Å². The van der Waals surface area contributed by atoms with Crippen molar-refractivity contribution in [1.29, 1.82) is 0 Å². The molecule has 0 atom stereocenters. The number of amides is 1. The molecule has 26 heavy (non-hydrogen) atoms. The third kappa shape index (κ3) is 4.15. The molecule has 0 radical (unpaired) electrons. The summed E-state index contributed by atoms with van der Waals surface area (Å²) in [6.45, 7) is 2.38. The molecule has 6 heteroatoms. The molecule has 0 saturated carbocycles. The van der Waals surface area contributed by atoms with Gasteiger partial charge in [0.1, 0.15) is 0 Å². The molecule has 4 nitrogen and oxygen atoms in total. The molecular formula is C20H16Cl2N2O2. The monoisotopic (exact) mass is 386 g/mol. The summed E-state index contributed by atoms with van der Waals surface area (Å²) in [5.74, 6) is -0.368. The van der Waals surface area contributed by atoms with Crippen molar-refractivity contribution in [3.63, 3.8) is 0 Å². The molecule has 0 saturated heterocycles. The average Bonchev–Trinajstić information content (AvgIpc) is 2.61. The van der Waals surface area contributed by atoms with E-state index in [4.69, 9.17) is 23.2 Å². The molecule has 132 valence electrons. The molecule has 3 aromatic rings. The molecule has 0 aliphatic rings. The minimum Gasteiger partial charge on any atom is -0.321 e. The summed E-state index contributed by atoms with van der Waals surface area (Å²) in [5, 5.41) is 3.35. The standard InChI is InChI=1S/C20H16Cl2N2O2/c1-13-4-2-5-14(10-13)11-24-12-15(8-9-18(24)25)20(26)23-17-7-3-6-16(21)19(17)22/h2-10,12H,11H2,1H3,(H,23,26). The van der Waals surface area contributed by atoms with Crippen LogP contribution >= 0.6 is 23.2 Å². The maximum Gasteiger partial charge on any atom is 0.257 e. The Morgan fingerprint density at radius 1 is 1.08 bits per heavy atom. The number of pyridine rings is 1. The number of nitrogens with one attached hydrogen (secondary N) is 1. The van der Waals surface area contributed by atoms with E-state index in [-0.39, 0.29) is 16.5 Å². The molecule has 1 heterocycles. The van der Waals surface area contributed by atoms with Crippen LogP contribution < -0.4 is 10.9 Å². The normalized spacial score (nSPS) is 10.6. The number of benzene rings is 2. The van der Waals surface area contributed by atoms with Crippen molar-refractivity contribution < 1.29 is 4.79 Å². The van der Waals surface area contributed by atoms with Gasteiger partial charge in [-0.25, -0.2) is 0 Å². The highest BCUT2D eigenvalue weighted by Crippen LogP contribution is 2.29. The first-order valence-corrected chi connectivity index (χ1v) is 8.71. The van der Waals surface area contributed by atoms with E-state index in [1.54, 1.807) is 24.4 Å². The van der Waals surface area contributed by atoms with Crippen molar-refractivity contribution in [2.24, 2.45) is 0 Å². The molecule has 1 aromatic heterocycles. The van der Waals surface area contributed by atoms with Gasteiger partial charge in [0.2, 0.25) is 0 Å². The lowest BCUT2D eigenvalue weighted by Crippen LogP contribution is -2.22. The van der Waals surface area contributed by atoms with Gasteiger partial charge in [0, 0.05) is 12.3 Å². The topological polar surface area (TPSA) is 51.1 Å². The average molecular weight is 387 g/mol. The number of carbonyl (C=O) groups is 1. The molecule has 0 spiro atoms. The molecule has 0 aliphatic carbocycles. The predicted octanol–water partition coefficient (Wildman–Crippen LogP) is 4.76. The van der Waals surface area contributed by atoms with E-state index in [0.29, 0.717) is 22.8 Å². The van der Waals surface area contributed by atoms with Gasteiger partial charge in [0.25, 0.3) is 11.5 Å². The minimum atomic E-state index is -0.368. The predicted molar refractivity (Wildman–Crippen MR) is 105 cm³/mol. The van der Waals surface area contributed by atoms with Crippen LogP contribution in [-0.4, -0.2) is 10.5 Å². The molecule has 1 amide bonds. The molecule has 3 rings (SSSR count). The first kappa shape index (κ1) is 18.2. The number of anilines is 1. The van der Waals surface area contributed by atoms with Gasteiger partial charge in [-0.2, -0.15) is 0 Å². The first-order chi connectivity index (χ1) is 12.4. The molecule has 0 aliphatic heterocycles. The van der Waals surface area contributed by atoms with E-state index >= 15 is 0 Å². The van der Waals surface area contributed by atoms with Gasteiger partial charge in [0.15, 0.2) is 0 Å². The maximum absolute atomic E-state index is 12.5. The Labute approximate surface area is 161 Å². The van der Waals surface area contributed by atoms with Crippen LogP contribution in [-0.2, 0) is 6.54 Å². The van der Waals surface area contributed by atoms with Crippen LogP contribution in [0.15, 0.2) is 65.6 Å². The summed E-state index contributed by atoms with van der Waals surface area (Å²) in [5.41, 5.74) is 2.69. The number of aromatic nitrogens is 1. The quantitative estimate of drug-likeness (QED) is 0.702. The van der Waals surface area contributed by atoms with E-state index < -0.39 is 0 Å². The van der Waals surface area contributed by atoms with Crippen LogP contribution in [0.3, 0.4) is 0 Å². The first-order valence-electron chi connectivity index (χ1n) is 7.95. The Hall–Kier alpha value is -2.56. The fourth-order valence-corrected chi connectivity index (χ4v) is 2.94. The van der Waals surface area contributed by atoms with Crippen molar-refractivity contribution >= 4 is 34.8 Å². The zero-order chi connectivity index (χ0) is 18.7. The van der Waals surface area contributed by atoms with Crippen molar-refractivity contribution in [2.75, 3.05) is 5.32 Å². The lowest BCUT2D eigenvalue weighted by Gasteiger charge is -2.11. The second-order valence-electron chi connectivity index (χ2n) is 5.93. The molecule has 0 bridgehead atoms. The second kappa shape index (κ2) is 7.77. The van der Waals surface area contributed by atoms with Crippen LogP contribution in [0.25, 0.3) is 0 Å². The second-order valence-corrected chi connectivity index (χ2v) is 6.71. The smallest absolute Gasteiger partial charge is 0.257 e. The molecule has 2 aromatic carbocycles. The van der Waals surface area contributed by atoms with Crippen molar-refractivity contribution in [2.45, 2.75) is 13.5 Å². The number of rotatable bonds is 4. The Morgan fingerprint density at radius 3 is 2.62 bits per heavy atom. The molecule has 0 unspecified atom stereocenters. The van der Waals surface area contributed by atoms with Crippen molar-refractivity contribution in [1.82, 2.24) is 4.57 Å². The van der Waals surface area contributed by atoms with E-state index in [1.807, 2.05) is 31.2 Å². The Bertz CT molecular complexity index is 1030. The van der Waals surface area contributed by atoms with Gasteiger partial charge >= 0.3 is 0 Å². The Balaban J connectivity index is 1.85. The number of hydrogen-bond donors (Lipinski definition) is 1. The van der Waals surface area contributed by atoms with Crippen LogP contribution in [0.5, 0.6) is 0 Å². The van der Waals surface area contributed by atoms with E-state index in [0.717, 1.165) is 11.1 Å². The summed E-state index contributed by atoms with van der Waals surface area (Å²) >= 11 is 12.1. The summed E-state index contributed by atoms with van der Waals surface area (Å²) in [6, 6.07) is 15.7. The van der Waals surface area contributed by atoms with Crippen LogP contribution in [0.4, 0.5) is 5.69 Å². The van der Waals surface area contributed by atoms with Crippen LogP contribution in [0.1, 0.15) is 21.5 Å². The SMILES string of the molecule is Cc1cccc(Cn2cc(C(=O)Nc3cccc(Cl)c3Cl)ccc2=O)c1. The lowest BCUT2D eigenvalue weighted by atomic mass is 10.1. The third-order valence-corrected chi connectivity index (χ3v) is 4.70. The number of aryl methyl sites for hydroxylation is 1. The summed E-state index contributed by atoms with van der Waals surface area (Å²) in [7, 11) is 0. The highest BCUT2D eigenvalue weighted by atomic mass is 35.5. The van der Waals surface area contributed by atoms with Gasteiger partial charge < -0.3 is 9.88 Å². The number of halogens is 2. The van der Waals surface area contributed by atoms with Gasteiger partial charge in [-0.05, 0) is 30.7 Å². The number of nitrogens with zero attached hydrogens (tertiary/aromatic N) is 1. The Kier molecular flexibility index (Phi) is 5.45. The van der Waals surface area contributed by atoms with Crippen LogP contribution in [0.2, 0.25) is 10.0 Å². The fourth-order valence-electron chi connectivity index (χ4n) is 2.59. The van der Waals surface area contributed by atoms with E-state index in [9.17, 15) is 9.59 Å². The fraction of sp³-hybridized carbons (Fsp3) is 0.100. The van der Waals surface area contributed by atoms with E-state index in [1.165, 1.54) is 16.7 Å². The number of hydrogen-bond acceptors (Lipinski definition) is 2. The largest absolute Gasteiger partial charge is 0.321 e. The van der Waals surface area contributed by atoms with Gasteiger partial charge in [0.05, 0.1) is 27.8 Å². The third-order valence-electron chi connectivity index (χ3n) is 3.88. The Morgan fingerprint density at radius 2 is 1.85 bits per heavy atom. The lowest BCUT2D eigenvalue weighted by molar-refractivity contribution is 0.102.